The predicted molar refractivity (Wildman–Crippen MR) is 74.5 cm³/mol. The van der Waals surface area contributed by atoms with Gasteiger partial charge in [-0.3, -0.25) is 4.79 Å². The lowest BCUT2D eigenvalue weighted by molar-refractivity contribution is 0.0680. The molecule has 2 fully saturated rings. The molecule has 0 spiro atoms. The molecule has 2 aliphatic heterocycles. The molecular weight excluding hydrogens is 311 g/mol. The van der Waals surface area contributed by atoms with Crippen LogP contribution < -0.4 is 5.32 Å². The van der Waals surface area contributed by atoms with Gasteiger partial charge in [-0.05, 0) is 47.3 Å². The Kier molecular flexibility index (Phi) is 3.35. The van der Waals surface area contributed by atoms with Crippen molar-refractivity contribution < 1.29 is 9.18 Å². The summed E-state index contributed by atoms with van der Waals surface area (Å²) in [6, 6.07) is 5.09. The van der Waals surface area contributed by atoms with E-state index in [1.165, 1.54) is 6.07 Å². The molecule has 3 rings (SSSR count). The lowest BCUT2D eigenvalue weighted by Gasteiger charge is -2.28. The number of hydrogen-bond acceptors (Lipinski definition) is 2. The number of amides is 1. The Morgan fingerprint density at radius 3 is 3.05 bits per heavy atom. The second-order valence-corrected chi connectivity index (χ2v) is 6.18. The minimum Gasteiger partial charge on any atom is -0.331 e. The Bertz CT molecular complexity index is 522. The van der Waals surface area contributed by atoms with E-state index in [0.717, 1.165) is 19.5 Å². The summed E-state index contributed by atoms with van der Waals surface area (Å²) in [5.74, 6) is 0.0696. The molecule has 2 aliphatic rings. The van der Waals surface area contributed by atoms with Crippen LogP contribution in [0.15, 0.2) is 22.7 Å². The number of halogens is 2. The maximum atomic E-state index is 13.6. The van der Waals surface area contributed by atoms with Crippen LogP contribution in [0, 0.1) is 11.7 Å². The summed E-state index contributed by atoms with van der Waals surface area (Å²) in [6.45, 7) is 3.89. The number of benzene rings is 1. The Morgan fingerprint density at radius 1 is 1.47 bits per heavy atom. The molecule has 1 aromatic carbocycles. The van der Waals surface area contributed by atoms with Gasteiger partial charge in [-0.1, -0.05) is 6.07 Å². The highest BCUT2D eigenvalue weighted by Crippen LogP contribution is 2.34. The summed E-state index contributed by atoms with van der Waals surface area (Å²) in [6.07, 6.45) is 1.02. The van der Waals surface area contributed by atoms with Crippen LogP contribution in [0.3, 0.4) is 0 Å². The molecule has 0 radical (unpaired) electrons. The molecule has 0 aromatic heterocycles. The van der Waals surface area contributed by atoms with Crippen LogP contribution in [-0.2, 0) is 0 Å². The number of nitrogens with zero attached hydrogens (tertiary/aromatic N) is 1. The van der Waals surface area contributed by atoms with Crippen molar-refractivity contribution in [1.82, 2.24) is 10.2 Å². The molecule has 0 bridgehead atoms. The number of fused-ring (bicyclic) bond motifs is 1. The third kappa shape index (κ3) is 2.09. The number of carbonyl (C=O) groups excluding carboxylic acids is 1. The minimum atomic E-state index is -0.390. The molecule has 5 heteroatoms. The fourth-order valence-electron chi connectivity index (χ4n) is 3.32. The van der Waals surface area contributed by atoms with Gasteiger partial charge < -0.3 is 10.2 Å². The van der Waals surface area contributed by atoms with Gasteiger partial charge in [0.25, 0.3) is 5.91 Å². The predicted octanol–water partition coefficient (Wildman–Crippen LogP) is 2.41. The van der Waals surface area contributed by atoms with Gasteiger partial charge in [0, 0.05) is 25.2 Å². The van der Waals surface area contributed by atoms with E-state index in [1.807, 2.05) is 4.90 Å². The van der Waals surface area contributed by atoms with E-state index in [9.17, 15) is 9.18 Å². The van der Waals surface area contributed by atoms with Crippen molar-refractivity contribution in [3.05, 3.63) is 34.1 Å². The van der Waals surface area contributed by atoms with Crippen molar-refractivity contribution in [1.29, 1.82) is 0 Å². The average molecular weight is 327 g/mol. The van der Waals surface area contributed by atoms with E-state index in [2.05, 4.69) is 28.2 Å². The first kappa shape index (κ1) is 13.1. The standard InChI is InChI=1S/C14H16BrFN2O/c1-8-5-9-6-17-7-12(9)18(8)14(19)10-3-2-4-11(16)13(10)15/h2-4,8-9,12,17H,5-7H2,1H3. The summed E-state index contributed by atoms with van der Waals surface area (Å²) in [5.41, 5.74) is 0.416. The normalized spacial score (nSPS) is 29.6. The second-order valence-electron chi connectivity index (χ2n) is 5.38. The SMILES string of the molecule is CC1CC2CNCC2N1C(=O)c1cccc(F)c1Br. The molecule has 102 valence electrons. The van der Waals surface area contributed by atoms with Crippen molar-refractivity contribution in [2.45, 2.75) is 25.4 Å². The monoisotopic (exact) mass is 326 g/mol. The van der Waals surface area contributed by atoms with E-state index in [1.54, 1.807) is 12.1 Å². The Morgan fingerprint density at radius 2 is 2.26 bits per heavy atom. The van der Waals surface area contributed by atoms with Gasteiger partial charge in [-0.25, -0.2) is 4.39 Å². The number of nitrogens with one attached hydrogen (secondary N) is 1. The molecule has 3 unspecified atom stereocenters. The number of hydrogen-bond donors (Lipinski definition) is 1. The van der Waals surface area contributed by atoms with Crippen molar-refractivity contribution in [2.75, 3.05) is 13.1 Å². The van der Waals surface area contributed by atoms with Crippen LogP contribution in [0.2, 0.25) is 0 Å². The quantitative estimate of drug-likeness (QED) is 0.859. The van der Waals surface area contributed by atoms with Crippen LogP contribution in [0.25, 0.3) is 0 Å². The van der Waals surface area contributed by atoms with Crippen LogP contribution in [0.1, 0.15) is 23.7 Å². The van der Waals surface area contributed by atoms with E-state index in [4.69, 9.17) is 0 Å². The molecule has 2 saturated heterocycles. The molecule has 3 atom stereocenters. The maximum Gasteiger partial charge on any atom is 0.255 e. The van der Waals surface area contributed by atoms with E-state index < -0.39 is 5.82 Å². The van der Waals surface area contributed by atoms with Gasteiger partial charge in [-0.15, -0.1) is 0 Å². The highest BCUT2D eigenvalue weighted by Gasteiger charge is 2.44. The van der Waals surface area contributed by atoms with Gasteiger partial charge >= 0.3 is 0 Å². The largest absolute Gasteiger partial charge is 0.331 e. The van der Waals surface area contributed by atoms with Gasteiger partial charge in [-0.2, -0.15) is 0 Å². The molecular formula is C14H16BrFN2O. The topological polar surface area (TPSA) is 32.3 Å². The zero-order chi connectivity index (χ0) is 13.6. The van der Waals surface area contributed by atoms with Gasteiger partial charge in [0.2, 0.25) is 0 Å². The molecule has 3 nitrogen and oxygen atoms in total. The molecule has 1 amide bonds. The molecule has 19 heavy (non-hydrogen) atoms. The molecule has 2 heterocycles. The molecule has 0 aliphatic carbocycles. The zero-order valence-corrected chi connectivity index (χ0v) is 12.3. The number of carbonyl (C=O) groups is 1. The van der Waals surface area contributed by atoms with Crippen molar-refractivity contribution in [3.63, 3.8) is 0 Å². The van der Waals surface area contributed by atoms with Crippen LogP contribution in [0.4, 0.5) is 4.39 Å². The smallest absolute Gasteiger partial charge is 0.255 e. The number of likely N-dealkylation sites (tertiary alicyclic amines) is 1. The first-order valence-corrected chi connectivity index (χ1v) is 7.36. The van der Waals surface area contributed by atoms with Crippen LogP contribution >= 0.6 is 15.9 Å². The Hall–Kier alpha value is -0.940. The van der Waals surface area contributed by atoms with Crippen LogP contribution in [-0.4, -0.2) is 36.0 Å². The first-order valence-electron chi connectivity index (χ1n) is 6.57. The van der Waals surface area contributed by atoms with Gasteiger partial charge in [0.15, 0.2) is 0 Å². The molecule has 1 N–H and O–H groups in total. The van der Waals surface area contributed by atoms with E-state index >= 15 is 0 Å². The van der Waals surface area contributed by atoms with Crippen molar-refractivity contribution in [3.8, 4) is 0 Å². The first-order chi connectivity index (χ1) is 9.09. The van der Waals surface area contributed by atoms with Crippen molar-refractivity contribution in [2.24, 2.45) is 5.92 Å². The van der Waals surface area contributed by atoms with E-state index in [0.29, 0.717) is 11.5 Å². The second kappa shape index (κ2) is 4.87. The van der Waals surface area contributed by atoms with Crippen molar-refractivity contribution >= 4 is 21.8 Å². The summed E-state index contributed by atoms with van der Waals surface area (Å²) >= 11 is 3.18. The number of rotatable bonds is 1. The Labute approximate surface area is 120 Å². The lowest BCUT2D eigenvalue weighted by Crippen LogP contribution is -2.42. The zero-order valence-electron chi connectivity index (χ0n) is 10.7. The fourth-order valence-corrected chi connectivity index (χ4v) is 3.76. The fraction of sp³-hybridized carbons (Fsp3) is 0.500. The maximum absolute atomic E-state index is 13.6. The minimum absolute atomic E-state index is 0.0740. The van der Waals surface area contributed by atoms with Gasteiger partial charge in [0.1, 0.15) is 5.82 Å². The van der Waals surface area contributed by atoms with Crippen LogP contribution in [0.5, 0.6) is 0 Å². The molecule has 1 aromatic rings. The Balaban J connectivity index is 1.93. The third-order valence-corrected chi connectivity index (χ3v) is 5.00. The summed E-state index contributed by atoms with van der Waals surface area (Å²) < 4.78 is 13.8. The van der Waals surface area contributed by atoms with Gasteiger partial charge in [0.05, 0.1) is 10.0 Å². The summed E-state index contributed by atoms with van der Waals surface area (Å²) in [7, 11) is 0. The highest BCUT2D eigenvalue weighted by molar-refractivity contribution is 9.10. The third-order valence-electron chi connectivity index (χ3n) is 4.20. The van der Waals surface area contributed by atoms with E-state index in [-0.39, 0.29) is 22.5 Å². The lowest BCUT2D eigenvalue weighted by atomic mass is 10.0. The average Bonchev–Trinajstić information content (AvgIpc) is 2.91. The highest BCUT2D eigenvalue weighted by atomic mass is 79.9. The molecule has 0 saturated carbocycles. The summed E-state index contributed by atoms with van der Waals surface area (Å²) in [4.78, 5) is 14.6. The summed E-state index contributed by atoms with van der Waals surface area (Å²) in [5, 5.41) is 3.33.